The Labute approximate surface area is 107 Å². The third kappa shape index (κ3) is 11.9. The molecule has 0 spiro atoms. The lowest BCUT2D eigenvalue weighted by molar-refractivity contribution is 0.135. The number of thioether (sulfide) groups is 1. The molecule has 4 N–H and O–H groups in total. The predicted molar refractivity (Wildman–Crippen MR) is 70.5 cm³/mol. The van der Waals surface area contributed by atoms with E-state index in [-0.39, 0.29) is 13.2 Å². The third-order valence-corrected chi connectivity index (χ3v) is 2.79. The van der Waals surface area contributed by atoms with Crippen LogP contribution in [0.15, 0.2) is 23.0 Å². The highest BCUT2D eigenvalue weighted by atomic mass is 32.2. The summed E-state index contributed by atoms with van der Waals surface area (Å²) >= 11 is 1.47. The molecule has 0 aromatic carbocycles. The van der Waals surface area contributed by atoms with Crippen molar-refractivity contribution in [2.45, 2.75) is 37.9 Å². The second-order valence-electron chi connectivity index (χ2n) is 3.68. The zero-order valence-electron chi connectivity index (χ0n) is 9.90. The van der Waals surface area contributed by atoms with Gasteiger partial charge >= 0.3 is 0 Å². The molecule has 0 heterocycles. The number of hydrogen-bond donors (Lipinski definition) is 4. The van der Waals surface area contributed by atoms with Crippen molar-refractivity contribution in [3.63, 3.8) is 0 Å². The molecule has 2 unspecified atom stereocenters. The van der Waals surface area contributed by atoms with Crippen LogP contribution in [0.1, 0.15) is 25.7 Å². The minimum Gasteiger partial charge on any atom is -0.396 e. The predicted octanol–water partition coefficient (Wildman–Crippen LogP) is 1.01. The van der Waals surface area contributed by atoms with Crippen LogP contribution in [0.4, 0.5) is 0 Å². The van der Waals surface area contributed by atoms with Crippen LogP contribution in [-0.2, 0) is 0 Å². The average Bonchev–Trinajstić information content (AvgIpc) is 2.28. The van der Waals surface area contributed by atoms with Crippen LogP contribution in [-0.4, -0.2) is 45.8 Å². The first-order chi connectivity index (χ1) is 8.20. The fourth-order valence-corrected chi connectivity index (χ4v) is 1.65. The van der Waals surface area contributed by atoms with Crippen molar-refractivity contribution in [3.8, 4) is 0 Å². The van der Waals surface area contributed by atoms with Crippen molar-refractivity contribution in [2.75, 3.05) is 13.2 Å². The van der Waals surface area contributed by atoms with Gasteiger partial charge in [0, 0.05) is 13.2 Å². The number of rotatable bonds is 10. The zero-order valence-corrected chi connectivity index (χ0v) is 10.7. The highest BCUT2D eigenvalue weighted by molar-refractivity contribution is 8.04. The summed E-state index contributed by atoms with van der Waals surface area (Å²) in [6.45, 7) is 0.00952. The van der Waals surface area contributed by atoms with Gasteiger partial charge in [0.05, 0.1) is 12.2 Å². The normalized spacial score (nSPS) is 15.8. The lowest BCUT2D eigenvalue weighted by Gasteiger charge is -2.03. The second-order valence-corrected chi connectivity index (χ2v) is 4.50. The van der Waals surface area contributed by atoms with Crippen LogP contribution in [0, 0.1) is 0 Å². The number of aliphatic hydroxyl groups is 4. The molecule has 0 aliphatic heterocycles. The largest absolute Gasteiger partial charge is 0.396 e. The highest BCUT2D eigenvalue weighted by Gasteiger charge is 1.99. The summed E-state index contributed by atoms with van der Waals surface area (Å²) in [6.07, 6.45) is 4.61. The Hall–Kier alpha value is -0.330. The second kappa shape index (κ2) is 12.1. The van der Waals surface area contributed by atoms with E-state index in [1.165, 1.54) is 11.8 Å². The van der Waals surface area contributed by atoms with E-state index < -0.39 is 12.2 Å². The molecule has 0 saturated heterocycles. The van der Waals surface area contributed by atoms with Crippen LogP contribution in [0.25, 0.3) is 0 Å². The smallest absolute Gasteiger partial charge is 0.0596 e. The molecule has 5 heteroatoms. The third-order valence-electron chi connectivity index (χ3n) is 2.09. The van der Waals surface area contributed by atoms with Gasteiger partial charge in [-0.15, -0.1) is 11.8 Å². The fourth-order valence-electron chi connectivity index (χ4n) is 1.12. The molecule has 2 atom stereocenters. The Bertz CT molecular complexity index is 197. The molecule has 0 bridgehead atoms. The monoisotopic (exact) mass is 262 g/mol. The van der Waals surface area contributed by atoms with Gasteiger partial charge in [0.15, 0.2) is 0 Å². The van der Waals surface area contributed by atoms with E-state index in [0.29, 0.717) is 25.7 Å². The van der Waals surface area contributed by atoms with Gasteiger partial charge in [-0.3, -0.25) is 0 Å². The minimum absolute atomic E-state index is 0.00476. The van der Waals surface area contributed by atoms with E-state index >= 15 is 0 Å². The zero-order chi connectivity index (χ0) is 12.9. The summed E-state index contributed by atoms with van der Waals surface area (Å²) in [5.74, 6) is 0. The first kappa shape index (κ1) is 16.7. The van der Waals surface area contributed by atoms with Gasteiger partial charge in [0.1, 0.15) is 0 Å². The van der Waals surface area contributed by atoms with E-state index in [0.717, 1.165) is 0 Å². The molecular weight excluding hydrogens is 240 g/mol. The van der Waals surface area contributed by atoms with Gasteiger partial charge in [-0.05, 0) is 36.5 Å². The summed E-state index contributed by atoms with van der Waals surface area (Å²) in [5, 5.41) is 39.4. The summed E-state index contributed by atoms with van der Waals surface area (Å²) in [5.41, 5.74) is 0. The molecule has 0 radical (unpaired) electrons. The highest BCUT2D eigenvalue weighted by Crippen LogP contribution is 2.08. The quantitative estimate of drug-likeness (QED) is 0.472. The fraction of sp³-hybridized carbons (Fsp3) is 0.667. The molecular formula is C12H22O4S. The van der Waals surface area contributed by atoms with Crippen LogP contribution >= 0.6 is 11.8 Å². The molecule has 0 fully saturated rings. The molecule has 0 saturated carbocycles. The van der Waals surface area contributed by atoms with Crippen molar-refractivity contribution in [1.82, 2.24) is 0 Å². The van der Waals surface area contributed by atoms with Crippen molar-refractivity contribution in [1.29, 1.82) is 0 Å². The SMILES string of the molecule is OCCC(O)CC=CSC=CCC(O)CCO. The van der Waals surface area contributed by atoms with Crippen LogP contribution < -0.4 is 0 Å². The number of aliphatic hydroxyl groups excluding tert-OH is 4. The van der Waals surface area contributed by atoms with Crippen molar-refractivity contribution in [2.24, 2.45) is 0 Å². The van der Waals surface area contributed by atoms with Crippen LogP contribution in [0.2, 0.25) is 0 Å². The lowest BCUT2D eigenvalue weighted by Crippen LogP contribution is -2.06. The van der Waals surface area contributed by atoms with E-state index in [2.05, 4.69) is 0 Å². The van der Waals surface area contributed by atoms with Gasteiger partial charge < -0.3 is 20.4 Å². The molecule has 0 amide bonds. The molecule has 4 nitrogen and oxygen atoms in total. The summed E-state index contributed by atoms with van der Waals surface area (Å²) in [7, 11) is 0. The Morgan fingerprint density at radius 3 is 1.59 bits per heavy atom. The van der Waals surface area contributed by atoms with Crippen LogP contribution in [0.3, 0.4) is 0 Å². The molecule has 0 aromatic rings. The minimum atomic E-state index is -0.479. The standard InChI is InChI=1S/C12H22O4S/c13-7-5-11(15)3-1-9-17-10-2-4-12(16)6-8-14/h1-2,9-16H,3-8H2. The Kier molecular flexibility index (Phi) is 11.9. The van der Waals surface area contributed by atoms with Gasteiger partial charge in [-0.25, -0.2) is 0 Å². The van der Waals surface area contributed by atoms with E-state index in [9.17, 15) is 10.2 Å². The molecule has 17 heavy (non-hydrogen) atoms. The Morgan fingerprint density at radius 1 is 0.824 bits per heavy atom. The molecule has 0 rings (SSSR count). The maximum absolute atomic E-state index is 9.29. The van der Waals surface area contributed by atoms with E-state index in [1.54, 1.807) is 0 Å². The summed E-state index contributed by atoms with van der Waals surface area (Å²) in [4.78, 5) is 0. The van der Waals surface area contributed by atoms with Crippen molar-refractivity contribution < 1.29 is 20.4 Å². The summed E-state index contributed by atoms with van der Waals surface area (Å²) in [6, 6.07) is 0. The topological polar surface area (TPSA) is 80.9 Å². The van der Waals surface area contributed by atoms with Crippen molar-refractivity contribution >= 4 is 11.8 Å². The Morgan fingerprint density at radius 2 is 1.24 bits per heavy atom. The maximum atomic E-state index is 9.29. The van der Waals surface area contributed by atoms with Gasteiger partial charge in [0.25, 0.3) is 0 Å². The van der Waals surface area contributed by atoms with Gasteiger partial charge in [-0.1, -0.05) is 12.2 Å². The maximum Gasteiger partial charge on any atom is 0.0596 e. The van der Waals surface area contributed by atoms with Crippen LogP contribution in [0.5, 0.6) is 0 Å². The van der Waals surface area contributed by atoms with E-state index in [1.807, 2.05) is 23.0 Å². The number of hydrogen-bond acceptors (Lipinski definition) is 5. The molecule has 0 aliphatic rings. The molecule has 100 valence electrons. The molecule has 0 aromatic heterocycles. The lowest BCUT2D eigenvalue weighted by atomic mass is 10.2. The molecule has 0 aliphatic carbocycles. The average molecular weight is 262 g/mol. The van der Waals surface area contributed by atoms with Gasteiger partial charge in [0.2, 0.25) is 0 Å². The van der Waals surface area contributed by atoms with Crippen molar-refractivity contribution in [3.05, 3.63) is 23.0 Å². The Balaban J connectivity index is 3.48. The van der Waals surface area contributed by atoms with Gasteiger partial charge in [-0.2, -0.15) is 0 Å². The first-order valence-electron chi connectivity index (χ1n) is 5.74. The van der Waals surface area contributed by atoms with E-state index in [4.69, 9.17) is 10.2 Å². The first-order valence-corrected chi connectivity index (χ1v) is 6.68. The summed E-state index contributed by atoms with van der Waals surface area (Å²) < 4.78 is 0.